The normalized spacial score (nSPS) is 40.9. The fourth-order valence-electron chi connectivity index (χ4n) is 4.74. The largest absolute Gasteiger partial charge is 0.353 e. The van der Waals surface area contributed by atoms with Gasteiger partial charge in [-0.2, -0.15) is 0 Å². The molecular weight excluding hydrogens is 280 g/mol. The predicted octanol–water partition coefficient (Wildman–Crippen LogP) is 3.88. The summed E-state index contributed by atoms with van der Waals surface area (Å²) in [6.45, 7) is 10.7. The highest BCUT2D eigenvalue weighted by molar-refractivity contribution is 5.12. The monoisotopic (exact) mass is 312 g/mol. The Morgan fingerprint density at radius 1 is 0.682 bits per heavy atom. The van der Waals surface area contributed by atoms with E-state index in [0.717, 1.165) is 38.9 Å². The van der Waals surface area contributed by atoms with Crippen LogP contribution in [0.3, 0.4) is 0 Å². The molecule has 2 saturated heterocycles. The highest BCUT2D eigenvalue weighted by Gasteiger charge is 2.64. The molecule has 0 amide bonds. The van der Waals surface area contributed by atoms with E-state index in [-0.39, 0.29) is 35.6 Å². The van der Waals surface area contributed by atoms with Gasteiger partial charge < -0.3 is 18.9 Å². The smallest absolute Gasteiger partial charge is 0.158 e. The van der Waals surface area contributed by atoms with Crippen LogP contribution < -0.4 is 0 Å². The molecule has 2 heterocycles. The van der Waals surface area contributed by atoms with Crippen LogP contribution in [-0.4, -0.2) is 38.0 Å². The first kappa shape index (κ1) is 16.7. The Labute approximate surface area is 134 Å². The summed E-state index contributed by atoms with van der Waals surface area (Å²) in [7, 11) is 0. The van der Waals surface area contributed by atoms with E-state index in [1.807, 2.05) is 0 Å². The summed E-state index contributed by atoms with van der Waals surface area (Å²) in [4.78, 5) is 0. The Morgan fingerprint density at radius 2 is 1.09 bits per heavy atom. The number of hydrogen-bond acceptors (Lipinski definition) is 4. The van der Waals surface area contributed by atoms with Gasteiger partial charge in [0.15, 0.2) is 12.6 Å². The van der Waals surface area contributed by atoms with Gasteiger partial charge in [0, 0.05) is 24.0 Å². The number of rotatable bonds is 4. The highest BCUT2D eigenvalue weighted by atomic mass is 16.7. The van der Waals surface area contributed by atoms with Crippen molar-refractivity contribution in [3.63, 3.8) is 0 Å². The molecule has 0 N–H and O–H groups in total. The molecule has 3 rings (SSSR count). The average molecular weight is 312 g/mol. The lowest BCUT2D eigenvalue weighted by atomic mass is 9.51. The van der Waals surface area contributed by atoms with Crippen LogP contribution in [0.15, 0.2) is 0 Å². The van der Waals surface area contributed by atoms with Gasteiger partial charge >= 0.3 is 0 Å². The number of hydrogen-bond donors (Lipinski definition) is 0. The molecular formula is C18H32O4. The van der Waals surface area contributed by atoms with E-state index in [1.54, 1.807) is 0 Å². The Bertz CT molecular complexity index is 319. The van der Waals surface area contributed by atoms with Crippen molar-refractivity contribution in [1.29, 1.82) is 0 Å². The van der Waals surface area contributed by atoms with E-state index < -0.39 is 0 Å². The van der Waals surface area contributed by atoms with Crippen LogP contribution in [0.2, 0.25) is 0 Å². The van der Waals surface area contributed by atoms with Gasteiger partial charge in [-0.05, 0) is 38.5 Å². The SMILES string of the molecule is CC1(C)C(OC2CCCCO2)C(C)(C)C1OC1CCCCO1. The van der Waals surface area contributed by atoms with E-state index in [2.05, 4.69) is 27.7 Å². The Hall–Kier alpha value is -0.160. The van der Waals surface area contributed by atoms with Crippen LogP contribution in [0.1, 0.15) is 66.2 Å². The lowest BCUT2D eigenvalue weighted by Crippen LogP contribution is -2.70. The minimum atomic E-state index is -0.0378. The molecule has 1 aliphatic carbocycles. The average Bonchev–Trinajstić information content (AvgIpc) is 2.52. The van der Waals surface area contributed by atoms with Gasteiger partial charge in [-0.1, -0.05) is 27.7 Å². The topological polar surface area (TPSA) is 36.9 Å². The summed E-state index contributed by atoms with van der Waals surface area (Å²) >= 11 is 0. The first-order valence-electron chi connectivity index (χ1n) is 8.96. The zero-order valence-corrected chi connectivity index (χ0v) is 14.6. The van der Waals surface area contributed by atoms with Crippen molar-refractivity contribution in [3.05, 3.63) is 0 Å². The van der Waals surface area contributed by atoms with E-state index in [0.29, 0.717) is 0 Å². The van der Waals surface area contributed by atoms with Gasteiger partial charge in [0.25, 0.3) is 0 Å². The third-order valence-electron chi connectivity index (χ3n) is 5.55. The van der Waals surface area contributed by atoms with Crippen LogP contribution in [0, 0.1) is 10.8 Å². The lowest BCUT2D eigenvalue weighted by Gasteiger charge is -2.63. The Kier molecular flexibility index (Phi) is 4.84. The fourth-order valence-corrected chi connectivity index (χ4v) is 4.74. The van der Waals surface area contributed by atoms with Gasteiger partial charge in [-0.3, -0.25) is 0 Å². The molecule has 4 heteroatoms. The van der Waals surface area contributed by atoms with Crippen molar-refractivity contribution in [2.75, 3.05) is 13.2 Å². The molecule has 0 radical (unpaired) electrons. The van der Waals surface area contributed by atoms with Crippen LogP contribution in [0.4, 0.5) is 0 Å². The Morgan fingerprint density at radius 3 is 1.41 bits per heavy atom. The van der Waals surface area contributed by atoms with E-state index in [9.17, 15) is 0 Å². The number of ether oxygens (including phenoxy) is 4. The molecule has 0 aromatic heterocycles. The van der Waals surface area contributed by atoms with Crippen LogP contribution >= 0.6 is 0 Å². The van der Waals surface area contributed by atoms with E-state index in [4.69, 9.17) is 18.9 Å². The molecule has 0 aromatic rings. The van der Waals surface area contributed by atoms with Gasteiger partial charge in [0.1, 0.15) is 0 Å². The molecule has 22 heavy (non-hydrogen) atoms. The minimum absolute atomic E-state index is 0.00882. The second kappa shape index (κ2) is 6.39. The second-order valence-corrected chi connectivity index (χ2v) is 8.27. The molecule has 128 valence electrons. The summed E-state index contributed by atoms with van der Waals surface area (Å²) in [6, 6.07) is 0. The fraction of sp³-hybridized carbons (Fsp3) is 1.00. The zero-order valence-electron chi connectivity index (χ0n) is 14.6. The summed E-state index contributed by atoms with van der Waals surface area (Å²) in [6.07, 6.45) is 6.99. The van der Waals surface area contributed by atoms with Crippen molar-refractivity contribution < 1.29 is 18.9 Å². The molecule has 2 atom stereocenters. The van der Waals surface area contributed by atoms with Gasteiger partial charge in [0.05, 0.1) is 12.2 Å². The maximum Gasteiger partial charge on any atom is 0.158 e. The van der Waals surface area contributed by atoms with E-state index >= 15 is 0 Å². The summed E-state index contributed by atoms with van der Waals surface area (Å²) in [5.74, 6) is 0. The van der Waals surface area contributed by atoms with Crippen molar-refractivity contribution >= 4 is 0 Å². The Balaban J connectivity index is 1.61. The molecule has 4 nitrogen and oxygen atoms in total. The molecule has 0 spiro atoms. The molecule has 3 fully saturated rings. The minimum Gasteiger partial charge on any atom is -0.353 e. The van der Waals surface area contributed by atoms with Gasteiger partial charge in [-0.15, -0.1) is 0 Å². The predicted molar refractivity (Wildman–Crippen MR) is 84.5 cm³/mol. The first-order valence-corrected chi connectivity index (χ1v) is 8.96. The quantitative estimate of drug-likeness (QED) is 0.789. The van der Waals surface area contributed by atoms with Crippen molar-refractivity contribution in [3.8, 4) is 0 Å². The third kappa shape index (κ3) is 3.08. The maximum absolute atomic E-state index is 6.33. The van der Waals surface area contributed by atoms with Crippen molar-refractivity contribution in [2.45, 2.75) is 91.0 Å². The molecule has 2 unspecified atom stereocenters. The van der Waals surface area contributed by atoms with Crippen molar-refractivity contribution in [2.24, 2.45) is 10.8 Å². The summed E-state index contributed by atoms with van der Waals surface area (Å²) in [5, 5.41) is 0. The molecule has 1 saturated carbocycles. The first-order chi connectivity index (χ1) is 10.4. The van der Waals surface area contributed by atoms with Gasteiger partial charge in [-0.25, -0.2) is 0 Å². The highest BCUT2D eigenvalue weighted by Crippen LogP contribution is 2.58. The lowest BCUT2D eigenvalue weighted by molar-refractivity contribution is -0.354. The molecule has 2 aliphatic heterocycles. The summed E-state index contributed by atoms with van der Waals surface area (Å²) < 4.78 is 24.2. The maximum atomic E-state index is 6.33. The molecule has 3 aliphatic rings. The molecule has 0 bridgehead atoms. The third-order valence-corrected chi connectivity index (χ3v) is 5.55. The van der Waals surface area contributed by atoms with Crippen LogP contribution in [-0.2, 0) is 18.9 Å². The zero-order chi connectivity index (χ0) is 15.8. The molecule has 0 aromatic carbocycles. The van der Waals surface area contributed by atoms with Crippen molar-refractivity contribution in [1.82, 2.24) is 0 Å². The van der Waals surface area contributed by atoms with Crippen LogP contribution in [0.5, 0.6) is 0 Å². The second-order valence-electron chi connectivity index (χ2n) is 8.27. The van der Waals surface area contributed by atoms with Gasteiger partial charge in [0.2, 0.25) is 0 Å². The van der Waals surface area contributed by atoms with Crippen LogP contribution in [0.25, 0.3) is 0 Å². The standard InChI is InChI=1S/C18H32O4/c1-17(2)15(21-13-9-5-7-11-19-13)18(3,4)16(17)22-14-10-6-8-12-20-14/h13-16H,5-12H2,1-4H3. The van der Waals surface area contributed by atoms with E-state index in [1.165, 1.54) is 12.8 Å². The summed E-state index contributed by atoms with van der Waals surface area (Å²) in [5.41, 5.74) is -0.0176.